The van der Waals surface area contributed by atoms with Crippen LogP contribution < -0.4 is 0 Å². The molecule has 0 aliphatic carbocycles. The molecule has 0 N–H and O–H groups in total. The number of hydrogen-bond donors (Lipinski definition) is 0. The predicted octanol–water partition coefficient (Wildman–Crippen LogP) is 3.21. The van der Waals surface area contributed by atoms with Crippen LogP contribution in [0.2, 0.25) is 5.02 Å². The Bertz CT molecular complexity index is 443. The molecule has 0 heterocycles. The first-order chi connectivity index (χ1) is 7.75. The molecule has 0 atom stereocenters. The minimum atomic E-state index is -4.86. The van der Waals surface area contributed by atoms with E-state index < -0.39 is 35.0 Å². The fraction of sp³-hybridized carbons (Fsp3) is 0.300. The normalized spacial score (nSPS) is 11.4. The van der Waals surface area contributed by atoms with Crippen LogP contribution in [0.1, 0.15) is 11.1 Å². The van der Waals surface area contributed by atoms with Gasteiger partial charge in [-0.2, -0.15) is 13.2 Å². The molecule has 1 aromatic carbocycles. The summed E-state index contributed by atoms with van der Waals surface area (Å²) >= 11 is 5.32. The summed E-state index contributed by atoms with van der Waals surface area (Å²) in [5.74, 6) is -2.28. The zero-order chi connectivity index (χ0) is 13.2. The van der Waals surface area contributed by atoms with E-state index in [9.17, 15) is 22.4 Å². The van der Waals surface area contributed by atoms with E-state index in [1.54, 1.807) is 0 Å². The topological polar surface area (TPSA) is 26.3 Å². The number of ether oxygens (including phenoxy) is 1. The Hall–Kier alpha value is -1.30. The van der Waals surface area contributed by atoms with E-state index in [2.05, 4.69) is 4.74 Å². The lowest BCUT2D eigenvalue weighted by atomic mass is 10.1. The molecule has 0 aliphatic rings. The third-order valence-corrected chi connectivity index (χ3v) is 2.24. The lowest BCUT2D eigenvalue weighted by molar-refractivity contribution is -0.141. The van der Waals surface area contributed by atoms with E-state index >= 15 is 0 Å². The van der Waals surface area contributed by atoms with Crippen molar-refractivity contribution in [2.45, 2.75) is 12.6 Å². The fourth-order valence-corrected chi connectivity index (χ4v) is 1.43. The number of carbonyl (C=O) groups is 1. The molecule has 0 radical (unpaired) electrons. The van der Waals surface area contributed by atoms with Crippen molar-refractivity contribution in [2.75, 3.05) is 7.11 Å². The van der Waals surface area contributed by atoms with Crippen molar-refractivity contribution in [3.05, 3.63) is 34.1 Å². The summed E-state index contributed by atoms with van der Waals surface area (Å²) in [6.45, 7) is 0. The van der Waals surface area contributed by atoms with Gasteiger partial charge in [0.15, 0.2) is 5.82 Å². The van der Waals surface area contributed by atoms with Gasteiger partial charge in [-0.15, -0.1) is 0 Å². The van der Waals surface area contributed by atoms with Gasteiger partial charge in [-0.1, -0.05) is 11.6 Å². The van der Waals surface area contributed by atoms with Gasteiger partial charge in [0, 0.05) is 0 Å². The molecule has 0 fully saturated rings. The highest BCUT2D eigenvalue weighted by molar-refractivity contribution is 6.30. The monoisotopic (exact) mass is 270 g/mol. The number of hydrogen-bond acceptors (Lipinski definition) is 2. The van der Waals surface area contributed by atoms with Crippen molar-refractivity contribution in [2.24, 2.45) is 0 Å². The average molecular weight is 271 g/mol. The Morgan fingerprint density at radius 3 is 2.47 bits per heavy atom. The third kappa shape index (κ3) is 3.33. The van der Waals surface area contributed by atoms with Gasteiger partial charge in [0.2, 0.25) is 0 Å². The molecule has 0 aliphatic heterocycles. The Labute approximate surface area is 99.1 Å². The quantitative estimate of drug-likeness (QED) is 0.609. The highest BCUT2D eigenvalue weighted by Gasteiger charge is 2.35. The van der Waals surface area contributed by atoms with Gasteiger partial charge in [-0.25, -0.2) is 4.39 Å². The zero-order valence-electron chi connectivity index (χ0n) is 8.57. The van der Waals surface area contributed by atoms with Crippen LogP contribution in [-0.2, 0) is 22.1 Å². The van der Waals surface area contributed by atoms with Crippen LogP contribution in [0.15, 0.2) is 12.1 Å². The molecule has 0 aromatic heterocycles. The van der Waals surface area contributed by atoms with Crippen LogP contribution >= 0.6 is 11.6 Å². The maximum Gasteiger partial charge on any atom is 0.419 e. The van der Waals surface area contributed by atoms with E-state index in [1.165, 1.54) is 0 Å². The number of esters is 1. The van der Waals surface area contributed by atoms with Gasteiger partial charge in [0.05, 0.1) is 24.1 Å². The summed E-state index contributed by atoms with van der Waals surface area (Å²) < 4.78 is 54.7. The van der Waals surface area contributed by atoms with Crippen LogP contribution in [0.25, 0.3) is 0 Å². The Balaban J connectivity index is 3.20. The molecule has 1 rings (SSSR count). The maximum atomic E-state index is 13.1. The molecule has 0 unspecified atom stereocenters. The molecular weight excluding hydrogens is 264 g/mol. The van der Waals surface area contributed by atoms with Crippen molar-refractivity contribution in [3.63, 3.8) is 0 Å². The van der Waals surface area contributed by atoms with E-state index in [4.69, 9.17) is 11.6 Å². The Kier molecular flexibility index (Phi) is 3.98. The average Bonchev–Trinajstić information content (AvgIpc) is 2.21. The lowest BCUT2D eigenvalue weighted by Crippen LogP contribution is -2.11. The van der Waals surface area contributed by atoms with E-state index in [1.807, 2.05) is 0 Å². The second kappa shape index (κ2) is 4.91. The number of halogens is 5. The molecule has 0 amide bonds. The second-order valence-electron chi connectivity index (χ2n) is 3.19. The highest BCUT2D eigenvalue weighted by Crippen LogP contribution is 2.35. The molecule has 17 heavy (non-hydrogen) atoms. The van der Waals surface area contributed by atoms with Crippen LogP contribution in [0, 0.1) is 5.82 Å². The molecule has 94 valence electrons. The zero-order valence-corrected chi connectivity index (χ0v) is 9.32. The number of carbonyl (C=O) groups excluding carboxylic acids is 1. The molecule has 1 aromatic rings. The van der Waals surface area contributed by atoms with Crippen LogP contribution in [0.5, 0.6) is 0 Å². The first-order valence-corrected chi connectivity index (χ1v) is 4.75. The van der Waals surface area contributed by atoms with Crippen LogP contribution in [-0.4, -0.2) is 13.1 Å². The highest BCUT2D eigenvalue weighted by atomic mass is 35.5. The molecule has 2 nitrogen and oxygen atoms in total. The first-order valence-electron chi connectivity index (χ1n) is 4.37. The summed E-state index contributed by atoms with van der Waals surface area (Å²) in [5, 5.41) is -0.682. The van der Waals surface area contributed by atoms with Gasteiger partial charge in [0.25, 0.3) is 0 Å². The van der Waals surface area contributed by atoms with Crippen molar-refractivity contribution in [3.8, 4) is 0 Å². The smallest absolute Gasteiger partial charge is 0.419 e. The minimum absolute atomic E-state index is 0.0597. The number of alkyl halides is 3. The maximum absolute atomic E-state index is 13.1. The largest absolute Gasteiger partial charge is 0.469 e. The van der Waals surface area contributed by atoms with Crippen molar-refractivity contribution in [1.82, 2.24) is 0 Å². The van der Waals surface area contributed by atoms with Gasteiger partial charge in [0.1, 0.15) is 0 Å². The number of rotatable bonds is 2. The standard InChI is InChI=1S/C10H7ClF4O2/c1-17-8(16)4-5-2-6(10(13,14)15)9(12)7(11)3-5/h2-3H,4H2,1H3. The van der Waals surface area contributed by atoms with Crippen LogP contribution in [0.3, 0.4) is 0 Å². The molecule has 7 heteroatoms. The summed E-state index contributed by atoms with van der Waals surface area (Å²) in [5.41, 5.74) is -1.56. The molecule has 0 spiro atoms. The van der Waals surface area contributed by atoms with Crippen molar-refractivity contribution < 1.29 is 27.1 Å². The summed E-state index contributed by atoms with van der Waals surface area (Å²) in [6.07, 6.45) is -5.26. The van der Waals surface area contributed by atoms with E-state index in [-0.39, 0.29) is 5.56 Å². The van der Waals surface area contributed by atoms with E-state index in [0.29, 0.717) is 6.07 Å². The Morgan fingerprint density at radius 1 is 1.41 bits per heavy atom. The van der Waals surface area contributed by atoms with Gasteiger partial charge in [-0.05, 0) is 17.7 Å². The van der Waals surface area contributed by atoms with E-state index in [0.717, 1.165) is 13.2 Å². The SMILES string of the molecule is COC(=O)Cc1cc(Cl)c(F)c(C(F)(F)F)c1. The van der Waals surface area contributed by atoms with Gasteiger partial charge < -0.3 is 4.74 Å². The number of benzene rings is 1. The molecule has 0 saturated carbocycles. The minimum Gasteiger partial charge on any atom is -0.469 e. The number of methoxy groups -OCH3 is 1. The van der Waals surface area contributed by atoms with Gasteiger partial charge in [-0.3, -0.25) is 4.79 Å². The predicted molar refractivity (Wildman–Crippen MR) is 52.1 cm³/mol. The Morgan fingerprint density at radius 2 is 2.00 bits per heavy atom. The van der Waals surface area contributed by atoms with Gasteiger partial charge >= 0.3 is 12.1 Å². The molecule has 0 bridgehead atoms. The summed E-state index contributed by atoms with van der Waals surface area (Å²) in [6, 6.07) is 1.50. The van der Waals surface area contributed by atoms with Crippen molar-refractivity contribution in [1.29, 1.82) is 0 Å². The summed E-state index contributed by atoms with van der Waals surface area (Å²) in [7, 11) is 1.10. The first kappa shape index (κ1) is 13.8. The molecular formula is C10H7ClF4O2. The third-order valence-electron chi connectivity index (χ3n) is 1.97. The van der Waals surface area contributed by atoms with Crippen LogP contribution in [0.4, 0.5) is 17.6 Å². The molecule has 0 saturated heterocycles. The second-order valence-corrected chi connectivity index (χ2v) is 3.60. The lowest BCUT2D eigenvalue weighted by Gasteiger charge is -2.11. The fourth-order valence-electron chi connectivity index (χ4n) is 1.19. The van der Waals surface area contributed by atoms with Crippen molar-refractivity contribution >= 4 is 17.6 Å². The summed E-state index contributed by atoms with van der Waals surface area (Å²) in [4.78, 5) is 10.9.